The monoisotopic (exact) mass is 158 g/mol. The number of rotatable bonds is 2. The third-order valence-corrected chi connectivity index (χ3v) is 2.77. The average Bonchev–Trinajstić information content (AvgIpc) is 2.81. The molecular formula is C10H13BN. The number of hydrogen-bond acceptors (Lipinski definition) is 0. The molecule has 1 heterocycles. The van der Waals surface area contributed by atoms with Crippen molar-refractivity contribution in [3.8, 4) is 0 Å². The van der Waals surface area contributed by atoms with Crippen molar-refractivity contribution in [3.05, 3.63) is 35.9 Å². The fourth-order valence-corrected chi connectivity index (χ4v) is 1.70. The third-order valence-electron chi connectivity index (χ3n) is 2.77. The van der Waals surface area contributed by atoms with Gasteiger partial charge in [-0.2, -0.15) is 0 Å². The van der Waals surface area contributed by atoms with Gasteiger partial charge in [-0.25, -0.2) is 7.98 Å². The fraction of sp³-hybridized carbons (Fsp3) is 0.400. The smallest absolute Gasteiger partial charge is 0.114 e. The molecule has 0 N–H and O–H groups in total. The number of hydrogen-bond donors (Lipinski definition) is 0. The van der Waals surface area contributed by atoms with Gasteiger partial charge in [-0.05, 0) is 6.92 Å². The van der Waals surface area contributed by atoms with Crippen molar-refractivity contribution >= 4 is 7.98 Å². The van der Waals surface area contributed by atoms with E-state index in [2.05, 4.69) is 31.2 Å². The van der Waals surface area contributed by atoms with Crippen molar-refractivity contribution in [2.75, 3.05) is 13.1 Å². The van der Waals surface area contributed by atoms with E-state index >= 15 is 0 Å². The lowest BCUT2D eigenvalue weighted by atomic mass is 10.1. The van der Waals surface area contributed by atoms with Gasteiger partial charge in [-0.3, -0.25) is 0 Å². The zero-order valence-corrected chi connectivity index (χ0v) is 7.40. The topological polar surface area (TPSA) is 0 Å². The minimum atomic E-state index is 0.552. The van der Waals surface area contributed by atoms with Gasteiger partial charge in [0.2, 0.25) is 0 Å². The number of benzene rings is 1. The number of likely N-dealkylation sites (N-methyl/N-ethyl adjacent to an activating group) is 1. The highest BCUT2D eigenvalue weighted by Crippen LogP contribution is 2.41. The molecule has 1 nitrogen and oxygen atoms in total. The molecule has 0 bridgehead atoms. The first kappa shape index (κ1) is 7.87. The summed E-state index contributed by atoms with van der Waals surface area (Å²) in [7, 11) is 6.06. The second kappa shape index (κ2) is 2.63. The molecule has 1 aliphatic heterocycles. The summed E-state index contributed by atoms with van der Waals surface area (Å²) in [5, 5.41) is 0. The van der Waals surface area contributed by atoms with Crippen molar-refractivity contribution in [3.63, 3.8) is 0 Å². The second-order valence-electron chi connectivity index (χ2n) is 3.53. The zero-order chi connectivity index (χ0) is 8.60. The molecule has 1 aliphatic rings. The maximum Gasteiger partial charge on any atom is 0.114 e. The summed E-state index contributed by atoms with van der Waals surface area (Å²) in [5.41, 5.74) is 1.38. The molecule has 0 unspecified atom stereocenters. The van der Waals surface area contributed by atoms with Crippen LogP contribution < -0.4 is 0 Å². The minimum absolute atomic E-state index is 0.552. The maximum absolute atomic E-state index is 6.06. The van der Waals surface area contributed by atoms with E-state index in [0.29, 0.717) is 6.04 Å². The molecule has 1 fully saturated rings. The molecule has 2 heteroatoms. The van der Waals surface area contributed by atoms with Crippen LogP contribution in [0.4, 0.5) is 0 Å². The summed E-state index contributed by atoms with van der Waals surface area (Å²) in [4.78, 5) is 0. The van der Waals surface area contributed by atoms with Gasteiger partial charge in [0.05, 0.1) is 6.54 Å². The van der Waals surface area contributed by atoms with Crippen molar-refractivity contribution < 1.29 is 4.39 Å². The lowest BCUT2D eigenvalue weighted by Gasteiger charge is -2.27. The Morgan fingerprint density at radius 1 is 1.42 bits per heavy atom. The molecule has 0 spiro atoms. The quantitative estimate of drug-likeness (QED) is 0.453. The molecule has 0 aliphatic carbocycles. The van der Waals surface area contributed by atoms with Crippen molar-refractivity contribution in [2.45, 2.75) is 13.0 Å². The van der Waals surface area contributed by atoms with Crippen LogP contribution in [0.25, 0.3) is 0 Å². The Kier molecular flexibility index (Phi) is 1.73. The molecule has 1 saturated heterocycles. The molecule has 0 aromatic heterocycles. The first-order chi connectivity index (χ1) is 5.76. The highest BCUT2D eigenvalue weighted by molar-refractivity contribution is 5.98. The molecule has 3 radical (unpaired) electrons. The van der Waals surface area contributed by atoms with E-state index < -0.39 is 0 Å². The molecule has 61 valence electrons. The maximum atomic E-state index is 6.06. The van der Waals surface area contributed by atoms with Crippen LogP contribution in [0.3, 0.4) is 0 Å². The van der Waals surface area contributed by atoms with E-state index in [-0.39, 0.29) is 0 Å². The summed E-state index contributed by atoms with van der Waals surface area (Å²) >= 11 is 0. The van der Waals surface area contributed by atoms with Gasteiger partial charge in [-0.1, -0.05) is 30.3 Å². The molecular weight excluding hydrogens is 145 g/mol. The molecule has 12 heavy (non-hydrogen) atoms. The van der Waals surface area contributed by atoms with Crippen LogP contribution in [0, 0.1) is 0 Å². The molecule has 1 aromatic rings. The second-order valence-corrected chi connectivity index (χ2v) is 3.53. The van der Waals surface area contributed by atoms with Crippen LogP contribution in [0.2, 0.25) is 0 Å². The molecule has 2 rings (SSSR count). The van der Waals surface area contributed by atoms with Crippen LogP contribution >= 0.6 is 0 Å². The highest BCUT2D eigenvalue weighted by atomic mass is 15.4. The first-order valence-electron chi connectivity index (χ1n) is 4.46. The van der Waals surface area contributed by atoms with Gasteiger partial charge in [0, 0.05) is 12.1 Å². The average molecular weight is 158 g/mol. The van der Waals surface area contributed by atoms with Crippen molar-refractivity contribution in [2.24, 2.45) is 0 Å². The number of nitrogens with zero attached hydrogens (tertiary/aromatic N) is 1. The summed E-state index contributed by atoms with van der Waals surface area (Å²) < 4.78 is 0.726. The fourth-order valence-electron chi connectivity index (χ4n) is 1.70. The van der Waals surface area contributed by atoms with Crippen LogP contribution in [0.1, 0.15) is 18.5 Å². The van der Waals surface area contributed by atoms with E-state index in [1.54, 1.807) is 0 Å². The SMILES string of the molecule is [B-][N@+]1(CC)C[C@@H]1c1ccccc1. The van der Waals surface area contributed by atoms with E-state index in [4.69, 9.17) is 7.98 Å². The van der Waals surface area contributed by atoms with Crippen LogP contribution in [0.15, 0.2) is 30.3 Å². The minimum Gasteiger partial charge on any atom is -0.573 e. The van der Waals surface area contributed by atoms with Crippen LogP contribution in [0.5, 0.6) is 0 Å². The zero-order valence-electron chi connectivity index (χ0n) is 7.40. The number of quaternary nitrogens is 1. The Balaban J connectivity index is 2.16. The van der Waals surface area contributed by atoms with Gasteiger partial charge in [-0.15, -0.1) is 0 Å². The van der Waals surface area contributed by atoms with Crippen LogP contribution in [-0.4, -0.2) is 25.5 Å². The molecule has 0 saturated carbocycles. The largest absolute Gasteiger partial charge is 0.573 e. The van der Waals surface area contributed by atoms with Gasteiger partial charge >= 0.3 is 0 Å². The Morgan fingerprint density at radius 2 is 2.08 bits per heavy atom. The summed E-state index contributed by atoms with van der Waals surface area (Å²) in [6, 6.07) is 11.1. The molecule has 2 atom stereocenters. The van der Waals surface area contributed by atoms with Crippen molar-refractivity contribution in [1.29, 1.82) is 0 Å². The predicted octanol–water partition coefficient (Wildman–Crippen LogP) is 1.66. The lowest BCUT2D eigenvalue weighted by Crippen LogP contribution is -2.21. The normalized spacial score (nSPS) is 33.3. The van der Waals surface area contributed by atoms with Gasteiger partial charge in [0.15, 0.2) is 0 Å². The Bertz CT molecular complexity index is 272. The van der Waals surface area contributed by atoms with Gasteiger partial charge < -0.3 is 4.39 Å². The van der Waals surface area contributed by atoms with Gasteiger partial charge in [0.25, 0.3) is 0 Å². The predicted molar refractivity (Wildman–Crippen MR) is 50.6 cm³/mol. The van der Waals surface area contributed by atoms with Gasteiger partial charge in [0.1, 0.15) is 6.04 Å². The van der Waals surface area contributed by atoms with E-state index in [9.17, 15) is 0 Å². The summed E-state index contributed by atoms with van der Waals surface area (Å²) in [6.45, 7) is 4.27. The van der Waals surface area contributed by atoms with Crippen molar-refractivity contribution in [1.82, 2.24) is 0 Å². The Morgan fingerprint density at radius 3 is 2.58 bits per heavy atom. The molecule has 0 amide bonds. The Labute approximate surface area is 75.0 Å². The van der Waals surface area contributed by atoms with E-state index in [1.165, 1.54) is 5.56 Å². The highest BCUT2D eigenvalue weighted by Gasteiger charge is 2.39. The van der Waals surface area contributed by atoms with E-state index in [1.807, 2.05) is 6.07 Å². The lowest BCUT2D eigenvalue weighted by molar-refractivity contribution is -0.689. The van der Waals surface area contributed by atoms with Crippen LogP contribution in [-0.2, 0) is 0 Å². The molecule has 1 aromatic carbocycles. The van der Waals surface area contributed by atoms with E-state index in [0.717, 1.165) is 17.5 Å². The summed E-state index contributed by atoms with van der Waals surface area (Å²) in [5.74, 6) is 0. The summed E-state index contributed by atoms with van der Waals surface area (Å²) in [6.07, 6.45) is 0. The third kappa shape index (κ3) is 1.16. The Hall–Kier alpha value is -0.755. The first-order valence-corrected chi connectivity index (χ1v) is 4.46. The standard InChI is InChI=1S/C10H13BN/c1-2-12(11)8-10(12)9-6-4-3-5-7-9/h3-7,10H,2,8H2,1H3/t10-,12-/m1/s1.